The van der Waals surface area contributed by atoms with Gasteiger partial charge in [-0.1, -0.05) is 20.8 Å². The Labute approximate surface area is 199 Å². The zero-order chi connectivity index (χ0) is 31.5. The molecule has 0 spiro atoms. The lowest BCUT2D eigenvalue weighted by Crippen LogP contribution is -2.74. The Hall–Kier alpha value is -2.51. The van der Waals surface area contributed by atoms with Crippen molar-refractivity contribution in [3.05, 3.63) is 11.1 Å². The van der Waals surface area contributed by atoms with Gasteiger partial charge in [0, 0.05) is 0 Å². The molecule has 0 aromatic carbocycles. The first-order chi connectivity index (χ1) is 16.2. The van der Waals surface area contributed by atoms with Gasteiger partial charge in [0.05, 0.1) is 17.1 Å². The average molecular weight is 604 g/mol. The number of alkyl halides is 17. The van der Waals surface area contributed by atoms with Crippen molar-refractivity contribution in [2.45, 2.75) is 68.4 Å². The molecule has 224 valence electrons. The zero-order valence-corrected chi connectivity index (χ0v) is 18.3. The molecule has 38 heavy (non-hydrogen) atoms. The molecule has 1 unspecified atom stereocenters. The molecule has 0 saturated heterocycles. The topological polar surface area (TPSA) is 74.6 Å². The van der Waals surface area contributed by atoms with Crippen molar-refractivity contribution in [1.82, 2.24) is 0 Å². The maximum absolute atomic E-state index is 14.4. The fraction of sp³-hybridized carbons (Fsp3) is 0.765. The third kappa shape index (κ3) is 4.73. The van der Waals surface area contributed by atoms with Crippen molar-refractivity contribution in [3.63, 3.8) is 0 Å². The number of hydrogen-bond donors (Lipinski definition) is 2. The molecule has 2 N–H and O–H groups in total. The molecule has 21 heteroatoms. The van der Waals surface area contributed by atoms with E-state index in [1.165, 1.54) is 0 Å². The summed E-state index contributed by atoms with van der Waals surface area (Å²) in [5, 5.41) is 17.9. The van der Waals surface area contributed by atoms with Gasteiger partial charge in [0.1, 0.15) is 0 Å². The van der Waals surface area contributed by atoms with Gasteiger partial charge in [-0.3, -0.25) is 0 Å². The van der Waals surface area contributed by atoms with Crippen LogP contribution in [0.25, 0.3) is 0 Å². The minimum atomic E-state index is -8.83. The molecule has 0 aromatic rings. The predicted molar refractivity (Wildman–Crippen MR) is 87.0 cm³/mol. The second kappa shape index (κ2) is 9.60. The summed E-state index contributed by atoms with van der Waals surface area (Å²) in [6.45, 7) is 0.907. The Morgan fingerprint density at radius 2 is 0.737 bits per heavy atom. The van der Waals surface area contributed by atoms with E-state index in [2.05, 4.69) is 0 Å². The van der Waals surface area contributed by atoms with Gasteiger partial charge in [-0.05, 0) is 5.92 Å². The Kier molecular flexibility index (Phi) is 8.96. The summed E-state index contributed by atoms with van der Waals surface area (Å²) in [5.41, 5.74) is -4.13. The van der Waals surface area contributed by atoms with Gasteiger partial charge < -0.3 is 10.2 Å². The third-order valence-electron chi connectivity index (χ3n) is 5.05. The quantitative estimate of drug-likeness (QED) is 0.202. The van der Waals surface area contributed by atoms with Gasteiger partial charge in [0.25, 0.3) is 0 Å². The molecule has 0 bridgehead atoms. The SMILES string of the molecule is CC(C)/C(C(=O)O)=C(\C(=O)O)C(C)C(F)(F)C(F)(F)C(F)(F)C(F)(F)C(F)(F)C(F)(F)C(F)(F)C(F)(F)F. The molecule has 0 heterocycles. The van der Waals surface area contributed by atoms with Crippen LogP contribution in [-0.2, 0) is 9.59 Å². The van der Waals surface area contributed by atoms with Crippen LogP contribution in [0.4, 0.5) is 74.6 Å². The lowest BCUT2D eigenvalue weighted by atomic mass is 9.80. The van der Waals surface area contributed by atoms with Gasteiger partial charge in [-0.2, -0.15) is 74.6 Å². The van der Waals surface area contributed by atoms with E-state index >= 15 is 0 Å². The summed E-state index contributed by atoms with van der Waals surface area (Å²) < 4.78 is 228. The number of carboxylic acid groups (broad SMARTS) is 2. The first kappa shape index (κ1) is 35.5. The standard InChI is InChI=1S/C17H13F17O4/c1-4(2)6(8(35)36)7(9(37)38)5(3)10(18,19)11(20,21)12(22,23)13(24,25)14(26,27)15(28,29)16(30,31)17(32,33)34/h4-5H,1-3H3,(H,35,36)(H,37,38)/b7-6+. The van der Waals surface area contributed by atoms with Crippen molar-refractivity contribution in [2.24, 2.45) is 11.8 Å². The first-order valence-corrected chi connectivity index (χ1v) is 9.17. The van der Waals surface area contributed by atoms with Crippen LogP contribution in [0.15, 0.2) is 11.1 Å². The van der Waals surface area contributed by atoms with Crippen LogP contribution in [0, 0.1) is 11.8 Å². The highest BCUT2D eigenvalue weighted by Crippen LogP contribution is 2.64. The van der Waals surface area contributed by atoms with Crippen molar-refractivity contribution >= 4 is 11.9 Å². The van der Waals surface area contributed by atoms with E-state index < -0.39 is 89.5 Å². The molecule has 0 aromatic heterocycles. The number of carboxylic acids is 2. The van der Waals surface area contributed by atoms with E-state index in [9.17, 15) is 84.2 Å². The normalized spacial score (nSPS) is 16.9. The van der Waals surface area contributed by atoms with E-state index in [0.29, 0.717) is 13.8 Å². The smallest absolute Gasteiger partial charge is 0.460 e. The highest BCUT2D eigenvalue weighted by Gasteiger charge is 2.95. The molecule has 0 aliphatic heterocycles. The monoisotopic (exact) mass is 604 g/mol. The summed E-state index contributed by atoms with van der Waals surface area (Å²) in [4.78, 5) is 22.4. The number of aliphatic carboxylic acids is 2. The summed E-state index contributed by atoms with van der Waals surface area (Å²) in [5.74, 6) is -69.7. The largest absolute Gasteiger partial charge is 0.478 e. The number of halogens is 17. The maximum Gasteiger partial charge on any atom is 0.460 e. The van der Waals surface area contributed by atoms with Crippen LogP contribution in [0.1, 0.15) is 20.8 Å². The Morgan fingerprint density at radius 1 is 0.474 bits per heavy atom. The summed E-state index contributed by atoms with van der Waals surface area (Å²) in [7, 11) is 0. The van der Waals surface area contributed by atoms with Gasteiger partial charge in [0.2, 0.25) is 0 Å². The maximum atomic E-state index is 14.4. The Balaban J connectivity index is 7.30. The molecule has 0 amide bonds. The lowest BCUT2D eigenvalue weighted by molar-refractivity contribution is -0.462. The van der Waals surface area contributed by atoms with Crippen LogP contribution in [0.2, 0.25) is 0 Å². The van der Waals surface area contributed by atoms with Crippen LogP contribution >= 0.6 is 0 Å². The molecular formula is C17H13F17O4. The number of carbonyl (C=O) groups is 2. The average Bonchev–Trinajstić information content (AvgIpc) is 2.68. The van der Waals surface area contributed by atoms with Crippen molar-refractivity contribution in [2.75, 3.05) is 0 Å². The molecule has 1 atom stereocenters. The molecule has 0 fully saturated rings. The summed E-state index contributed by atoms with van der Waals surface area (Å²) >= 11 is 0. The summed E-state index contributed by atoms with van der Waals surface area (Å²) in [6.07, 6.45) is -7.89. The fourth-order valence-electron chi connectivity index (χ4n) is 2.84. The van der Waals surface area contributed by atoms with Gasteiger partial charge in [-0.15, -0.1) is 0 Å². The van der Waals surface area contributed by atoms with Crippen molar-refractivity contribution in [3.8, 4) is 0 Å². The Bertz CT molecular complexity index is 962. The second-order valence-corrected chi connectivity index (χ2v) is 7.88. The minimum Gasteiger partial charge on any atom is -0.478 e. The first-order valence-electron chi connectivity index (χ1n) is 9.17. The molecule has 0 aliphatic rings. The molecule has 4 nitrogen and oxygen atoms in total. The lowest BCUT2D eigenvalue weighted by Gasteiger charge is -2.43. The summed E-state index contributed by atoms with van der Waals surface area (Å²) in [6, 6.07) is 0. The Morgan fingerprint density at radius 3 is 0.974 bits per heavy atom. The molecule has 0 radical (unpaired) electrons. The highest BCUT2D eigenvalue weighted by molar-refractivity contribution is 5.99. The minimum absolute atomic E-state index is 0.512. The highest BCUT2D eigenvalue weighted by atomic mass is 19.4. The van der Waals surface area contributed by atoms with Crippen molar-refractivity contribution in [1.29, 1.82) is 0 Å². The van der Waals surface area contributed by atoms with Crippen LogP contribution in [0.3, 0.4) is 0 Å². The van der Waals surface area contributed by atoms with Crippen LogP contribution < -0.4 is 0 Å². The third-order valence-corrected chi connectivity index (χ3v) is 5.05. The van der Waals surface area contributed by atoms with Crippen LogP contribution in [-0.4, -0.2) is 69.8 Å². The van der Waals surface area contributed by atoms with E-state index in [0.717, 1.165) is 0 Å². The van der Waals surface area contributed by atoms with Gasteiger partial charge in [0.15, 0.2) is 0 Å². The number of rotatable bonds is 11. The molecule has 0 saturated carbocycles. The number of hydrogen-bond acceptors (Lipinski definition) is 2. The van der Waals surface area contributed by atoms with E-state index in [-0.39, 0.29) is 0 Å². The zero-order valence-electron chi connectivity index (χ0n) is 18.3. The van der Waals surface area contributed by atoms with Gasteiger partial charge in [-0.25, -0.2) is 9.59 Å². The fourth-order valence-corrected chi connectivity index (χ4v) is 2.84. The van der Waals surface area contributed by atoms with E-state index in [1.54, 1.807) is 0 Å². The predicted octanol–water partition coefficient (Wildman–Crippen LogP) is 6.75. The van der Waals surface area contributed by atoms with E-state index in [4.69, 9.17) is 10.2 Å². The molecule has 0 rings (SSSR count). The molecular weight excluding hydrogens is 591 g/mol. The van der Waals surface area contributed by atoms with E-state index in [1.807, 2.05) is 0 Å². The van der Waals surface area contributed by atoms with Crippen molar-refractivity contribution < 1.29 is 94.4 Å². The molecule has 0 aliphatic carbocycles. The van der Waals surface area contributed by atoms with Gasteiger partial charge >= 0.3 is 59.6 Å². The second-order valence-electron chi connectivity index (χ2n) is 7.88. The van der Waals surface area contributed by atoms with Crippen LogP contribution in [0.5, 0.6) is 0 Å².